The summed E-state index contributed by atoms with van der Waals surface area (Å²) in [6.07, 6.45) is 2.07. The highest BCUT2D eigenvalue weighted by Gasteiger charge is 2.30. The van der Waals surface area contributed by atoms with Gasteiger partial charge >= 0.3 is 0 Å². The van der Waals surface area contributed by atoms with Gasteiger partial charge in [-0.05, 0) is 25.5 Å². The fraction of sp³-hybridized carbons (Fsp3) is 0.571. The molecular formula is C21H30N4OS. The second-order valence-corrected chi connectivity index (χ2v) is 8.42. The molecule has 1 atom stereocenters. The Labute approximate surface area is 166 Å². The van der Waals surface area contributed by atoms with Gasteiger partial charge in [0.05, 0.1) is 19.8 Å². The lowest BCUT2D eigenvalue weighted by Gasteiger charge is -2.29. The molecule has 2 aromatic rings. The van der Waals surface area contributed by atoms with Crippen LogP contribution in [0.4, 0.5) is 10.8 Å². The summed E-state index contributed by atoms with van der Waals surface area (Å²) in [5.74, 6) is 0.578. The van der Waals surface area contributed by atoms with Crippen LogP contribution in [0, 0.1) is 0 Å². The molecule has 2 aliphatic heterocycles. The molecule has 0 bridgehead atoms. The molecule has 4 rings (SSSR count). The van der Waals surface area contributed by atoms with Gasteiger partial charge in [0.15, 0.2) is 5.13 Å². The number of benzene rings is 1. The summed E-state index contributed by atoms with van der Waals surface area (Å²) in [5, 5.41) is 1.15. The second-order valence-electron chi connectivity index (χ2n) is 7.33. The van der Waals surface area contributed by atoms with E-state index in [9.17, 15) is 0 Å². The van der Waals surface area contributed by atoms with Gasteiger partial charge in [-0.3, -0.25) is 4.90 Å². The Balaban J connectivity index is 1.47. The van der Waals surface area contributed by atoms with E-state index in [-0.39, 0.29) is 0 Å². The molecule has 0 radical (unpaired) electrons. The van der Waals surface area contributed by atoms with Crippen LogP contribution < -0.4 is 9.80 Å². The van der Waals surface area contributed by atoms with Crippen LogP contribution in [-0.4, -0.2) is 62.4 Å². The SMILES string of the molecule is CCN(CC)c1ncc(CN2C[C@H](CN3CCOCC3)c3ccccc32)s1. The Bertz CT molecular complexity index is 739. The molecule has 3 heterocycles. The van der Waals surface area contributed by atoms with E-state index >= 15 is 0 Å². The minimum Gasteiger partial charge on any atom is -0.379 e. The Morgan fingerprint density at radius 2 is 1.96 bits per heavy atom. The van der Waals surface area contributed by atoms with Crippen molar-refractivity contribution in [2.75, 3.05) is 62.3 Å². The van der Waals surface area contributed by atoms with Gasteiger partial charge in [0.1, 0.15) is 0 Å². The molecule has 146 valence electrons. The summed E-state index contributed by atoms with van der Waals surface area (Å²) in [6, 6.07) is 8.94. The summed E-state index contributed by atoms with van der Waals surface area (Å²) < 4.78 is 5.51. The topological polar surface area (TPSA) is 31.8 Å². The lowest BCUT2D eigenvalue weighted by Crippen LogP contribution is -2.39. The molecule has 27 heavy (non-hydrogen) atoms. The molecule has 0 unspecified atom stereocenters. The van der Waals surface area contributed by atoms with Crippen molar-refractivity contribution in [2.24, 2.45) is 0 Å². The zero-order chi connectivity index (χ0) is 18.6. The van der Waals surface area contributed by atoms with Crippen molar-refractivity contribution in [3.8, 4) is 0 Å². The third-order valence-corrected chi connectivity index (χ3v) is 6.71. The molecule has 1 aromatic carbocycles. The molecule has 5 nitrogen and oxygen atoms in total. The number of morpholine rings is 1. The average molecular weight is 387 g/mol. The summed E-state index contributed by atoms with van der Waals surface area (Å²) in [7, 11) is 0. The first-order chi connectivity index (χ1) is 13.3. The monoisotopic (exact) mass is 386 g/mol. The molecule has 0 saturated carbocycles. The predicted octanol–water partition coefficient (Wildman–Crippen LogP) is 3.43. The lowest BCUT2D eigenvalue weighted by molar-refractivity contribution is 0.0356. The van der Waals surface area contributed by atoms with Gasteiger partial charge in [-0.25, -0.2) is 4.98 Å². The van der Waals surface area contributed by atoms with Crippen LogP contribution >= 0.6 is 11.3 Å². The van der Waals surface area contributed by atoms with Gasteiger partial charge in [0.25, 0.3) is 0 Å². The standard InChI is InChI=1S/C21H30N4OS/c1-3-24(4-2)21-22-13-18(27-21)16-25-15-17(14-23-9-11-26-12-10-23)19-7-5-6-8-20(19)25/h5-8,13,17H,3-4,9-12,14-16H2,1-2H3/t17-/m0/s1. The molecule has 0 spiro atoms. The Hall–Kier alpha value is -1.63. The summed E-state index contributed by atoms with van der Waals surface area (Å²) >= 11 is 1.83. The number of aromatic nitrogens is 1. The molecular weight excluding hydrogens is 356 g/mol. The molecule has 1 aromatic heterocycles. The highest BCUT2D eigenvalue weighted by Crippen LogP contribution is 2.38. The minimum atomic E-state index is 0.578. The van der Waals surface area contributed by atoms with Gasteiger partial charge in [0.2, 0.25) is 0 Å². The van der Waals surface area contributed by atoms with Crippen molar-refractivity contribution < 1.29 is 4.74 Å². The van der Waals surface area contributed by atoms with Crippen LogP contribution in [0.5, 0.6) is 0 Å². The molecule has 1 fully saturated rings. The van der Waals surface area contributed by atoms with Crippen LogP contribution in [0.3, 0.4) is 0 Å². The smallest absolute Gasteiger partial charge is 0.185 e. The third-order valence-electron chi connectivity index (χ3n) is 5.66. The molecule has 1 saturated heterocycles. The van der Waals surface area contributed by atoms with Crippen molar-refractivity contribution in [3.05, 3.63) is 40.9 Å². The summed E-state index contributed by atoms with van der Waals surface area (Å²) in [4.78, 5) is 13.4. The van der Waals surface area contributed by atoms with Crippen molar-refractivity contribution in [3.63, 3.8) is 0 Å². The number of fused-ring (bicyclic) bond motifs is 1. The van der Waals surface area contributed by atoms with Crippen LogP contribution in [0.1, 0.15) is 30.2 Å². The van der Waals surface area contributed by atoms with E-state index in [1.807, 2.05) is 11.3 Å². The maximum atomic E-state index is 5.51. The lowest BCUT2D eigenvalue weighted by atomic mass is 10.0. The van der Waals surface area contributed by atoms with Gasteiger partial charge in [-0.2, -0.15) is 0 Å². The number of thiazole rings is 1. The first kappa shape index (κ1) is 18.7. The average Bonchev–Trinajstić information content (AvgIpc) is 3.30. The maximum absolute atomic E-state index is 5.51. The van der Waals surface area contributed by atoms with E-state index < -0.39 is 0 Å². The van der Waals surface area contributed by atoms with Gasteiger partial charge in [-0.15, -0.1) is 11.3 Å². The predicted molar refractivity (Wildman–Crippen MR) is 113 cm³/mol. The first-order valence-corrected chi connectivity index (χ1v) is 10.9. The number of para-hydroxylation sites is 1. The number of hydrogen-bond donors (Lipinski definition) is 0. The second kappa shape index (κ2) is 8.59. The maximum Gasteiger partial charge on any atom is 0.185 e. The van der Waals surface area contributed by atoms with Gasteiger partial charge < -0.3 is 14.5 Å². The number of nitrogens with zero attached hydrogens (tertiary/aromatic N) is 4. The van der Waals surface area contributed by atoms with Crippen molar-refractivity contribution in [2.45, 2.75) is 26.3 Å². The highest BCUT2D eigenvalue weighted by atomic mass is 32.1. The largest absolute Gasteiger partial charge is 0.379 e. The molecule has 0 N–H and O–H groups in total. The highest BCUT2D eigenvalue weighted by molar-refractivity contribution is 7.15. The first-order valence-electron chi connectivity index (χ1n) is 10.1. The van der Waals surface area contributed by atoms with Crippen molar-refractivity contribution in [1.29, 1.82) is 0 Å². The quantitative estimate of drug-likeness (QED) is 0.728. The zero-order valence-corrected chi connectivity index (χ0v) is 17.2. The molecule has 6 heteroatoms. The van der Waals surface area contributed by atoms with Gasteiger partial charge in [-0.1, -0.05) is 18.2 Å². The van der Waals surface area contributed by atoms with Gasteiger partial charge in [0, 0.05) is 61.9 Å². The Morgan fingerprint density at radius 3 is 2.74 bits per heavy atom. The number of anilines is 2. The fourth-order valence-electron chi connectivity index (χ4n) is 4.18. The van der Waals surface area contributed by atoms with E-state index in [2.05, 4.69) is 64.0 Å². The number of hydrogen-bond acceptors (Lipinski definition) is 6. The van der Waals surface area contributed by atoms with E-state index in [1.165, 1.54) is 16.1 Å². The Kier molecular flexibility index (Phi) is 5.95. The summed E-state index contributed by atoms with van der Waals surface area (Å²) in [5.41, 5.74) is 2.89. The third kappa shape index (κ3) is 4.13. The molecule has 2 aliphatic rings. The zero-order valence-electron chi connectivity index (χ0n) is 16.4. The fourth-order valence-corrected chi connectivity index (χ4v) is 5.24. The molecule has 0 aliphatic carbocycles. The van der Waals surface area contributed by atoms with E-state index in [0.29, 0.717) is 5.92 Å². The van der Waals surface area contributed by atoms with Crippen LogP contribution in [0.25, 0.3) is 0 Å². The van der Waals surface area contributed by atoms with Crippen LogP contribution in [-0.2, 0) is 11.3 Å². The van der Waals surface area contributed by atoms with Crippen molar-refractivity contribution in [1.82, 2.24) is 9.88 Å². The molecule has 0 amide bonds. The van der Waals surface area contributed by atoms with E-state index in [1.54, 1.807) is 0 Å². The van der Waals surface area contributed by atoms with Crippen molar-refractivity contribution >= 4 is 22.2 Å². The van der Waals surface area contributed by atoms with E-state index in [0.717, 1.165) is 64.2 Å². The summed E-state index contributed by atoms with van der Waals surface area (Å²) in [6.45, 7) is 13.4. The normalized spacial score (nSPS) is 20.1. The minimum absolute atomic E-state index is 0.578. The van der Waals surface area contributed by atoms with Crippen LogP contribution in [0.2, 0.25) is 0 Å². The number of rotatable bonds is 7. The Morgan fingerprint density at radius 1 is 1.19 bits per heavy atom. The van der Waals surface area contributed by atoms with Crippen LogP contribution in [0.15, 0.2) is 30.5 Å². The van der Waals surface area contributed by atoms with E-state index in [4.69, 9.17) is 4.74 Å². The number of ether oxygens (including phenoxy) is 1.